The van der Waals surface area contributed by atoms with Crippen LogP contribution in [0.3, 0.4) is 0 Å². The lowest BCUT2D eigenvalue weighted by atomic mass is 10.9. The van der Waals surface area contributed by atoms with Gasteiger partial charge in [0, 0.05) is 28.3 Å². The van der Waals surface area contributed by atoms with Crippen LogP contribution in [0.4, 0.5) is 8.78 Å². The summed E-state index contributed by atoms with van der Waals surface area (Å²) in [6.07, 6.45) is 2.44. The van der Waals surface area contributed by atoms with Crippen LogP contribution in [-0.2, 0) is 4.96 Å². The lowest BCUT2D eigenvalue weighted by molar-refractivity contribution is 0.0306. The van der Waals surface area contributed by atoms with Gasteiger partial charge in [-0.25, -0.2) is 4.98 Å². The van der Waals surface area contributed by atoms with E-state index in [0.29, 0.717) is 4.57 Å². The zero-order valence-electron chi connectivity index (χ0n) is 4.56. The van der Waals surface area contributed by atoms with E-state index in [4.69, 9.17) is 0 Å². The van der Waals surface area contributed by atoms with E-state index in [1.807, 2.05) is 0 Å². The van der Waals surface area contributed by atoms with Crippen LogP contribution in [-0.4, -0.2) is 9.55 Å². The van der Waals surface area contributed by atoms with Crippen molar-refractivity contribution in [3.8, 4) is 0 Å². The molecule has 2 nitrogen and oxygen atoms in total. The summed E-state index contributed by atoms with van der Waals surface area (Å²) in [5.74, 6) is 0. The van der Waals surface area contributed by atoms with E-state index in [1.54, 1.807) is 0 Å². The maximum absolute atomic E-state index is 12.4. The Balaban J connectivity index is 3.05. The lowest BCUT2D eigenvalue weighted by Gasteiger charge is -2.09. The minimum absolute atomic E-state index is 0.0920. The molecule has 0 spiro atoms. The van der Waals surface area contributed by atoms with E-state index < -0.39 is 4.96 Å². The first-order valence-corrected chi connectivity index (χ1v) is 3.86. The Kier molecular flexibility index (Phi) is 2.10. The van der Waals surface area contributed by atoms with Crippen molar-refractivity contribution in [2.24, 2.45) is 0 Å². The fraction of sp³-hybridized carbons (Fsp3) is 0.250. The van der Waals surface area contributed by atoms with Gasteiger partial charge in [-0.1, -0.05) is 0 Å². The molecule has 0 amide bonds. The topological polar surface area (TPSA) is 17.8 Å². The normalized spacial score (nSPS) is 12.0. The first-order chi connectivity index (χ1) is 4.52. The summed E-state index contributed by atoms with van der Waals surface area (Å²) in [6, 6.07) is 0. The predicted octanol–water partition coefficient (Wildman–Crippen LogP) is 2.55. The maximum Gasteiger partial charge on any atom is 0.388 e. The zero-order chi connectivity index (χ0) is 7.78. The summed E-state index contributed by atoms with van der Waals surface area (Å²) in [4.78, 5) is 0.486. The van der Waals surface area contributed by atoms with E-state index in [0.717, 1.165) is 0 Å². The average molecular weight is 276 g/mol. The molecule has 0 aromatic carbocycles. The number of hydrogen-bond acceptors (Lipinski definition) is 1. The van der Waals surface area contributed by atoms with Gasteiger partial charge in [0.1, 0.15) is 0 Å². The maximum atomic E-state index is 12.4. The van der Waals surface area contributed by atoms with Crippen molar-refractivity contribution in [1.29, 1.82) is 0 Å². The van der Waals surface area contributed by atoms with Crippen molar-refractivity contribution in [3.05, 3.63) is 17.1 Å². The third-order valence-electron chi connectivity index (χ3n) is 0.869. The number of imidazole rings is 1. The van der Waals surface area contributed by atoms with Crippen LogP contribution in [0, 0.1) is 0 Å². The number of aromatic nitrogens is 2. The van der Waals surface area contributed by atoms with Crippen molar-refractivity contribution in [3.63, 3.8) is 0 Å². The van der Waals surface area contributed by atoms with Crippen LogP contribution >= 0.6 is 31.9 Å². The van der Waals surface area contributed by atoms with Crippen LogP contribution in [0.5, 0.6) is 0 Å². The molecule has 0 aliphatic rings. The molecule has 0 radical (unpaired) electrons. The first kappa shape index (κ1) is 8.13. The molecule has 0 aliphatic carbocycles. The SMILES string of the molecule is FC(F)(Br)n1ccnc1Br. The van der Waals surface area contributed by atoms with E-state index in [9.17, 15) is 8.78 Å². The van der Waals surface area contributed by atoms with Crippen molar-refractivity contribution in [2.75, 3.05) is 0 Å². The highest BCUT2D eigenvalue weighted by Gasteiger charge is 2.27. The molecule has 0 saturated carbocycles. The Morgan fingerprint density at radius 1 is 1.60 bits per heavy atom. The molecule has 0 atom stereocenters. The zero-order valence-corrected chi connectivity index (χ0v) is 7.73. The Morgan fingerprint density at radius 2 is 2.20 bits per heavy atom. The van der Waals surface area contributed by atoms with Gasteiger partial charge in [0.2, 0.25) is 0 Å². The summed E-state index contributed by atoms with van der Waals surface area (Å²) in [6.45, 7) is 0. The number of rotatable bonds is 1. The molecule has 1 aromatic rings. The molecule has 0 fully saturated rings. The highest BCUT2D eigenvalue weighted by molar-refractivity contribution is 9.10. The minimum Gasteiger partial charge on any atom is -0.256 e. The van der Waals surface area contributed by atoms with Gasteiger partial charge in [-0.05, 0) is 15.9 Å². The quantitative estimate of drug-likeness (QED) is 0.721. The molecule has 0 saturated heterocycles. The summed E-state index contributed by atoms with van der Waals surface area (Å²) >= 11 is 5.02. The van der Waals surface area contributed by atoms with Gasteiger partial charge in [0.25, 0.3) is 0 Å². The second kappa shape index (κ2) is 2.58. The van der Waals surface area contributed by atoms with E-state index in [1.165, 1.54) is 12.4 Å². The monoisotopic (exact) mass is 274 g/mol. The average Bonchev–Trinajstić information content (AvgIpc) is 2.11. The smallest absolute Gasteiger partial charge is 0.256 e. The van der Waals surface area contributed by atoms with Crippen molar-refractivity contribution in [1.82, 2.24) is 9.55 Å². The fourth-order valence-corrected chi connectivity index (χ4v) is 1.46. The number of alkyl halides is 3. The number of halogens is 4. The molecule has 1 rings (SSSR count). The number of nitrogens with zero attached hydrogens (tertiary/aromatic N) is 2. The van der Waals surface area contributed by atoms with Crippen LogP contribution in [0.25, 0.3) is 0 Å². The van der Waals surface area contributed by atoms with Crippen LogP contribution in [0.1, 0.15) is 0 Å². The Labute approximate surface area is 72.5 Å². The molecule has 0 bridgehead atoms. The molecule has 1 heterocycles. The second-order valence-electron chi connectivity index (χ2n) is 1.53. The van der Waals surface area contributed by atoms with Gasteiger partial charge in [0.05, 0.1) is 0 Å². The standard InChI is InChI=1S/C4H2Br2F2N2/c5-3-9-1-2-10(3)4(6,7)8/h1-2H. The predicted molar refractivity (Wildman–Crippen MR) is 39.0 cm³/mol. The largest absolute Gasteiger partial charge is 0.388 e. The molecule has 0 aliphatic heterocycles. The van der Waals surface area contributed by atoms with E-state index in [-0.39, 0.29) is 4.73 Å². The minimum atomic E-state index is -3.07. The Hall–Kier alpha value is 0.0300. The van der Waals surface area contributed by atoms with E-state index in [2.05, 4.69) is 36.8 Å². The van der Waals surface area contributed by atoms with Crippen LogP contribution in [0.15, 0.2) is 17.1 Å². The van der Waals surface area contributed by atoms with Gasteiger partial charge >= 0.3 is 4.96 Å². The van der Waals surface area contributed by atoms with Crippen molar-refractivity contribution < 1.29 is 8.78 Å². The summed E-state index contributed by atoms with van der Waals surface area (Å²) < 4.78 is 25.5. The van der Waals surface area contributed by atoms with Gasteiger partial charge < -0.3 is 0 Å². The molecular formula is C4H2Br2F2N2. The van der Waals surface area contributed by atoms with Crippen molar-refractivity contribution >= 4 is 31.9 Å². The number of hydrogen-bond donors (Lipinski definition) is 0. The van der Waals surface area contributed by atoms with Crippen LogP contribution in [0.2, 0.25) is 0 Å². The highest BCUT2D eigenvalue weighted by Crippen LogP contribution is 2.30. The van der Waals surface area contributed by atoms with Gasteiger partial charge in [0.15, 0.2) is 4.73 Å². The van der Waals surface area contributed by atoms with Gasteiger partial charge in [-0.15, -0.1) is 0 Å². The molecule has 10 heavy (non-hydrogen) atoms. The van der Waals surface area contributed by atoms with E-state index >= 15 is 0 Å². The third-order valence-corrected chi connectivity index (χ3v) is 1.84. The lowest BCUT2D eigenvalue weighted by Crippen LogP contribution is -2.13. The van der Waals surface area contributed by atoms with Crippen molar-refractivity contribution in [2.45, 2.75) is 4.96 Å². The third kappa shape index (κ3) is 1.54. The highest BCUT2D eigenvalue weighted by atomic mass is 79.9. The van der Waals surface area contributed by atoms with Gasteiger partial charge in [-0.2, -0.15) is 8.78 Å². The molecule has 1 aromatic heterocycles. The summed E-state index contributed by atoms with van der Waals surface area (Å²) in [5.41, 5.74) is 0. The Bertz CT molecular complexity index is 229. The van der Waals surface area contributed by atoms with Crippen LogP contribution < -0.4 is 0 Å². The summed E-state index contributed by atoms with van der Waals surface area (Å²) in [7, 11) is 0. The fourth-order valence-electron chi connectivity index (χ4n) is 0.474. The van der Waals surface area contributed by atoms with Gasteiger partial charge in [-0.3, -0.25) is 4.57 Å². The molecule has 6 heteroatoms. The molecule has 0 N–H and O–H groups in total. The first-order valence-electron chi connectivity index (χ1n) is 2.28. The summed E-state index contributed by atoms with van der Waals surface area (Å²) in [5, 5.41) is 0. The molecule has 56 valence electrons. The second-order valence-corrected chi connectivity index (χ2v) is 3.20. The Morgan fingerprint density at radius 3 is 2.40 bits per heavy atom. The molecular weight excluding hydrogens is 274 g/mol. The molecule has 0 unspecified atom stereocenters.